The van der Waals surface area contributed by atoms with Crippen molar-refractivity contribution in [3.05, 3.63) is 105 Å². The van der Waals surface area contributed by atoms with Gasteiger partial charge in [-0.05, 0) is 81.2 Å². The van der Waals surface area contributed by atoms with Crippen LogP contribution in [0.15, 0.2) is 81.2 Å². The highest BCUT2D eigenvalue weighted by Crippen LogP contribution is 2.38. The molecular weight excluding hydrogens is 646 g/mol. The first-order valence-electron chi connectivity index (χ1n) is 15.9. The minimum atomic E-state index is -1.93. The highest BCUT2D eigenvalue weighted by atomic mass is 35.5. The molecular formula is C37H44ClN3O4SSi. The number of aryl methyl sites for hydroxylation is 1. The Bertz CT molecular complexity index is 1930. The topological polar surface area (TPSA) is 79.4 Å². The second-order valence-corrected chi connectivity index (χ2v) is 19.8. The van der Waals surface area contributed by atoms with E-state index >= 15 is 0 Å². The van der Waals surface area contributed by atoms with Crippen LogP contribution in [0, 0.1) is 13.8 Å². The number of rotatable bonds is 11. The number of ether oxygens (including phenoxy) is 1. The summed E-state index contributed by atoms with van der Waals surface area (Å²) in [7, 11) is -1.93. The smallest absolute Gasteiger partial charge is 0.196 e. The van der Waals surface area contributed by atoms with Gasteiger partial charge in [0.15, 0.2) is 19.5 Å². The van der Waals surface area contributed by atoms with Crippen LogP contribution in [0.25, 0.3) is 22.3 Å². The second-order valence-electron chi connectivity index (χ2n) is 13.7. The zero-order valence-electron chi connectivity index (χ0n) is 28.7. The molecule has 3 aromatic heterocycles. The maximum atomic E-state index is 13.8. The van der Waals surface area contributed by atoms with E-state index in [4.69, 9.17) is 25.2 Å². The molecule has 0 aliphatic rings. The molecule has 0 aliphatic carbocycles. The SMILES string of the molecule is Cc1cc([C@@H](C)Oc2ccc(Cl)nc2SCc2ccccc2)c2oc(-c3cnn(C[C@H](C)O[Si](C)(C)C(C)(C)C)c3)c(C)c(=O)c2c1. The molecule has 248 valence electrons. The third-order valence-corrected chi connectivity index (χ3v) is 14.6. The Morgan fingerprint density at radius 2 is 1.79 bits per heavy atom. The summed E-state index contributed by atoms with van der Waals surface area (Å²) in [6.07, 6.45) is 3.20. The second kappa shape index (κ2) is 14.0. The predicted molar refractivity (Wildman–Crippen MR) is 195 cm³/mol. The zero-order chi connectivity index (χ0) is 34.1. The van der Waals surface area contributed by atoms with E-state index in [9.17, 15) is 4.79 Å². The van der Waals surface area contributed by atoms with Crippen molar-refractivity contribution in [1.29, 1.82) is 0 Å². The number of fused-ring (bicyclic) bond motifs is 1. The number of benzene rings is 2. The molecule has 0 fully saturated rings. The molecule has 10 heteroatoms. The Morgan fingerprint density at radius 1 is 1.06 bits per heavy atom. The summed E-state index contributed by atoms with van der Waals surface area (Å²) in [5.74, 6) is 1.83. The fourth-order valence-electron chi connectivity index (χ4n) is 5.28. The fraction of sp³-hybridized carbons (Fsp3) is 0.378. The summed E-state index contributed by atoms with van der Waals surface area (Å²) in [6.45, 7) is 19.6. The molecule has 0 spiro atoms. The van der Waals surface area contributed by atoms with Crippen LogP contribution in [-0.2, 0) is 16.7 Å². The van der Waals surface area contributed by atoms with E-state index in [-0.39, 0.29) is 16.6 Å². The Labute approximate surface area is 287 Å². The molecule has 5 rings (SSSR count). The number of nitrogens with zero attached hydrogens (tertiary/aromatic N) is 3. The molecule has 0 N–H and O–H groups in total. The van der Waals surface area contributed by atoms with E-state index in [1.165, 1.54) is 5.56 Å². The van der Waals surface area contributed by atoms with Crippen LogP contribution in [0.4, 0.5) is 0 Å². The van der Waals surface area contributed by atoms with Gasteiger partial charge < -0.3 is 13.6 Å². The minimum absolute atomic E-state index is 0.0148. The molecule has 0 unspecified atom stereocenters. The Hall–Kier alpha value is -3.37. The summed E-state index contributed by atoms with van der Waals surface area (Å²) in [5.41, 5.74) is 4.59. The molecule has 0 amide bonds. The lowest BCUT2D eigenvalue weighted by atomic mass is 10.0. The number of hydrogen-bond acceptors (Lipinski definition) is 7. The molecule has 0 saturated heterocycles. The summed E-state index contributed by atoms with van der Waals surface area (Å²) in [4.78, 5) is 18.3. The Balaban J connectivity index is 1.45. The van der Waals surface area contributed by atoms with Crippen LogP contribution in [-0.4, -0.2) is 29.2 Å². The van der Waals surface area contributed by atoms with Gasteiger partial charge in [0.2, 0.25) is 0 Å². The van der Waals surface area contributed by atoms with Crippen molar-refractivity contribution in [3.8, 4) is 17.1 Å². The molecule has 3 heterocycles. The molecule has 5 aromatic rings. The number of thioether (sulfide) groups is 1. The lowest BCUT2D eigenvalue weighted by Crippen LogP contribution is -2.44. The summed E-state index contributed by atoms with van der Waals surface area (Å²) < 4.78 is 21.6. The van der Waals surface area contributed by atoms with Gasteiger partial charge in [-0.25, -0.2) is 4.98 Å². The van der Waals surface area contributed by atoms with Gasteiger partial charge in [0.1, 0.15) is 27.6 Å². The number of pyridine rings is 1. The van der Waals surface area contributed by atoms with Gasteiger partial charge in [-0.15, -0.1) is 0 Å². The third-order valence-electron chi connectivity index (χ3n) is 8.79. The van der Waals surface area contributed by atoms with Crippen molar-refractivity contribution in [2.75, 3.05) is 0 Å². The van der Waals surface area contributed by atoms with E-state index in [1.807, 2.05) is 61.1 Å². The number of hydrogen-bond donors (Lipinski definition) is 0. The van der Waals surface area contributed by atoms with E-state index in [0.29, 0.717) is 44.8 Å². The van der Waals surface area contributed by atoms with Crippen molar-refractivity contribution in [2.24, 2.45) is 0 Å². The van der Waals surface area contributed by atoms with Gasteiger partial charge in [-0.3, -0.25) is 9.48 Å². The van der Waals surface area contributed by atoms with E-state index in [1.54, 1.807) is 30.9 Å². The van der Waals surface area contributed by atoms with Gasteiger partial charge in [0, 0.05) is 23.1 Å². The maximum absolute atomic E-state index is 13.8. The fourth-order valence-corrected chi connectivity index (χ4v) is 7.83. The highest BCUT2D eigenvalue weighted by Gasteiger charge is 2.38. The third kappa shape index (κ3) is 8.03. The first-order chi connectivity index (χ1) is 22.1. The van der Waals surface area contributed by atoms with Crippen molar-refractivity contribution < 1.29 is 13.6 Å². The van der Waals surface area contributed by atoms with Crippen LogP contribution in [0.2, 0.25) is 23.3 Å². The standard InChI is InChI=1S/C37H44ClN3O4SSi/c1-23-17-29(26(4)43-31-15-16-32(38)40-36(31)46-22-27-13-11-10-12-14-27)35-30(18-23)33(42)25(3)34(44-35)28-19-39-41(21-28)20-24(2)45-47(8,9)37(5,6)7/h10-19,21,24,26H,20,22H2,1-9H3/t24-,26+/m0/s1. The highest BCUT2D eigenvalue weighted by molar-refractivity contribution is 7.98. The number of halogens is 1. The van der Waals surface area contributed by atoms with E-state index in [0.717, 1.165) is 22.4 Å². The first-order valence-corrected chi connectivity index (χ1v) is 20.2. The molecule has 2 aromatic carbocycles. The number of aromatic nitrogens is 3. The summed E-state index contributed by atoms with van der Waals surface area (Å²) >= 11 is 7.86. The van der Waals surface area contributed by atoms with Crippen LogP contribution in [0.5, 0.6) is 5.75 Å². The maximum Gasteiger partial charge on any atom is 0.196 e. The summed E-state index contributed by atoms with van der Waals surface area (Å²) in [5, 5.41) is 6.34. The van der Waals surface area contributed by atoms with E-state index < -0.39 is 14.4 Å². The Morgan fingerprint density at radius 3 is 2.49 bits per heavy atom. The largest absolute Gasteiger partial charge is 0.483 e. The average Bonchev–Trinajstić information content (AvgIpc) is 3.46. The molecule has 2 atom stereocenters. The van der Waals surface area contributed by atoms with Gasteiger partial charge in [-0.2, -0.15) is 5.10 Å². The van der Waals surface area contributed by atoms with Crippen molar-refractivity contribution in [2.45, 2.75) is 96.1 Å². The summed E-state index contributed by atoms with van der Waals surface area (Å²) in [6, 6.07) is 17.6. The van der Waals surface area contributed by atoms with Crippen molar-refractivity contribution in [3.63, 3.8) is 0 Å². The molecule has 0 aliphatic heterocycles. The molecule has 0 bridgehead atoms. The Kier molecular flexibility index (Phi) is 10.4. The molecule has 0 saturated carbocycles. The van der Waals surface area contributed by atoms with Gasteiger partial charge in [0.05, 0.1) is 29.8 Å². The zero-order valence-corrected chi connectivity index (χ0v) is 31.3. The van der Waals surface area contributed by atoms with Gasteiger partial charge >= 0.3 is 0 Å². The lowest BCUT2D eigenvalue weighted by Gasteiger charge is -2.38. The molecule has 47 heavy (non-hydrogen) atoms. The van der Waals surface area contributed by atoms with Crippen molar-refractivity contribution in [1.82, 2.24) is 14.8 Å². The van der Waals surface area contributed by atoms with Crippen LogP contribution in [0.3, 0.4) is 0 Å². The van der Waals surface area contributed by atoms with Gasteiger partial charge in [0.25, 0.3) is 0 Å². The van der Waals surface area contributed by atoms with Crippen molar-refractivity contribution >= 4 is 42.6 Å². The minimum Gasteiger partial charge on any atom is -0.483 e. The molecule has 7 nitrogen and oxygen atoms in total. The first kappa shape index (κ1) is 34.9. The molecule has 0 radical (unpaired) electrons. The monoisotopic (exact) mass is 689 g/mol. The lowest BCUT2D eigenvalue weighted by molar-refractivity contribution is 0.174. The van der Waals surface area contributed by atoms with Crippen LogP contribution < -0.4 is 10.2 Å². The van der Waals surface area contributed by atoms with Gasteiger partial charge in [-0.1, -0.05) is 74.5 Å². The normalized spacial score (nSPS) is 13.6. The van der Waals surface area contributed by atoms with Crippen LogP contribution >= 0.6 is 23.4 Å². The van der Waals surface area contributed by atoms with Crippen LogP contribution in [0.1, 0.15) is 63.0 Å². The quantitative estimate of drug-likeness (QED) is 0.0776. The predicted octanol–water partition coefficient (Wildman–Crippen LogP) is 10.2. The average molecular weight is 690 g/mol. The van der Waals surface area contributed by atoms with E-state index in [2.05, 4.69) is 63.0 Å².